The molecule has 0 saturated carbocycles. The van der Waals surface area contributed by atoms with Crippen LogP contribution in [0.4, 0.5) is 24.7 Å². The first kappa shape index (κ1) is 24.8. The Kier molecular flexibility index (Phi) is 6.93. The second-order valence-corrected chi connectivity index (χ2v) is 8.77. The van der Waals surface area contributed by atoms with Crippen LogP contribution >= 0.6 is 0 Å². The van der Waals surface area contributed by atoms with E-state index in [2.05, 4.69) is 15.3 Å². The van der Waals surface area contributed by atoms with Crippen molar-refractivity contribution in [3.63, 3.8) is 0 Å². The molecule has 0 spiro atoms. The highest BCUT2D eigenvalue weighted by molar-refractivity contribution is 5.92. The van der Waals surface area contributed by atoms with Crippen molar-refractivity contribution in [2.75, 3.05) is 24.8 Å². The van der Waals surface area contributed by atoms with E-state index in [1.165, 1.54) is 6.07 Å². The van der Waals surface area contributed by atoms with E-state index >= 15 is 0 Å². The maximum absolute atomic E-state index is 13.3. The molecule has 1 fully saturated rings. The molecular formula is C25H29F3N4O3. The van der Waals surface area contributed by atoms with Crippen molar-refractivity contribution < 1.29 is 27.4 Å². The number of fused-ring (bicyclic) bond motifs is 1. The molecule has 7 nitrogen and oxygen atoms in total. The summed E-state index contributed by atoms with van der Waals surface area (Å²) < 4.78 is 57.4. The molecular weight excluding hydrogens is 461 g/mol. The molecule has 2 heterocycles. The summed E-state index contributed by atoms with van der Waals surface area (Å²) in [4.78, 5) is 9.02. The van der Waals surface area contributed by atoms with Crippen LogP contribution in [0.25, 0.3) is 10.9 Å². The monoisotopic (exact) mass is 490 g/mol. The number of methoxy groups -OCH3 is 1. The lowest BCUT2D eigenvalue weighted by Gasteiger charge is -2.23. The Hall–Kier alpha value is -3.27. The molecule has 0 aliphatic carbocycles. The number of nitrogens with two attached hydrogens (primary N) is 1. The van der Waals surface area contributed by atoms with Gasteiger partial charge in [0, 0.05) is 23.7 Å². The third-order valence-electron chi connectivity index (χ3n) is 6.05. The number of alkyl halides is 3. The highest BCUT2D eigenvalue weighted by atomic mass is 19.4. The number of aromatic nitrogens is 2. The molecule has 1 aromatic heterocycles. The molecule has 4 rings (SSSR count). The van der Waals surface area contributed by atoms with Crippen molar-refractivity contribution in [2.45, 2.75) is 58.0 Å². The van der Waals surface area contributed by atoms with E-state index in [0.29, 0.717) is 46.2 Å². The van der Waals surface area contributed by atoms with Crippen molar-refractivity contribution in [2.24, 2.45) is 0 Å². The minimum atomic E-state index is -4.50. The number of anilines is 2. The fraction of sp³-hybridized carbons (Fsp3) is 0.440. The van der Waals surface area contributed by atoms with Crippen LogP contribution in [0.1, 0.15) is 49.7 Å². The number of aryl methyl sites for hydroxylation is 1. The molecule has 2 aromatic carbocycles. The largest absolute Gasteiger partial charge is 0.493 e. The lowest BCUT2D eigenvalue weighted by atomic mass is 10.0. The standard InChI is InChI=1S/C25H29F3N4O3/c1-13(16-8-17(25(26,27)28)10-18(29)9-16)30-24-19-11-23(35-14(2)21-6-5-7-34-21)22(33-4)12-20(19)31-15(3)32-24/h8-14,21H,5-7,29H2,1-4H3,(H,30,31,32)/t13-,14?,21-/m1/s1. The van der Waals surface area contributed by atoms with Gasteiger partial charge in [-0.25, -0.2) is 9.97 Å². The maximum Gasteiger partial charge on any atom is 0.416 e. The number of halogens is 3. The van der Waals surface area contributed by atoms with Gasteiger partial charge in [0.1, 0.15) is 17.7 Å². The number of nitrogens with zero attached hydrogens (tertiary/aromatic N) is 2. The Bertz CT molecular complexity index is 1210. The zero-order valence-corrected chi connectivity index (χ0v) is 20.1. The number of ether oxygens (including phenoxy) is 3. The smallest absolute Gasteiger partial charge is 0.416 e. The highest BCUT2D eigenvalue weighted by Gasteiger charge is 2.31. The number of hydrogen-bond acceptors (Lipinski definition) is 7. The van der Waals surface area contributed by atoms with Gasteiger partial charge in [-0.2, -0.15) is 13.2 Å². The van der Waals surface area contributed by atoms with Gasteiger partial charge in [-0.1, -0.05) is 0 Å². The summed E-state index contributed by atoms with van der Waals surface area (Å²) in [6, 6.07) is 6.56. The van der Waals surface area contributed by atoms with Crippen molar-refractivity contribution in [1.29, 1.82) is 0 Å². The molecule has 0 radical (unpaired) electrons. The van der Waals surface area contributed by atoms with Gasteiger partial charge in [0.25, 0.3) is 0 Å². The van der Waals surface area contributed by atoms with Crippen LogP contribution in [0.3, 0.4) is 0 Å². The molecule has 0 amide bonds. The van der Waals surface area contributed by atoms with E-state index in [-0.39, 0.29) is 17.9 Å². The lowest BCUT2D eigenvalue weighted by Crippen LogP contribution is -2.28. The number of nitrogen functional groups attached to an aromatic ring is 1. The number of hydrogen-bond donors (Lipinski definition) is 2. The van der Waals surface area contributed by atoms with Crippen LogP contribution in [-0.2, 0) is 10.9 Å². The zero-order valence-electron chi connectivity index (χ0n) is 20.1. The molecule has 3 N–H and O–H groups in total. The molecule has 1 aliphatic rings. The minimum absolute atomic E-state index is 0.00587. The SMILES string of the molecule is COc1cc2nc(C)nc(N[C@H](C)c3cc(N)cc(C(F)(F)F)c3)c2cc1OC(C)[C@H]1CCCO1. The van der Waals surface area contributed by atoms with E-state index in [1.807, 2.05) is 6.92 Å². The van der Waals surface area contributed by atoms with Crippen molar-refractivity contribution >= 4 is 22.4 Å². The lowest BCUT2D eigenvalue weighted by molar-refractivity contribution is -0.137. The van der Waals surface area contributed by atoms with Gasteiger partial charge in [0.15, 0.2) is 11.5 Å². The second-order valence-electron chi connectivity index (χ2n) is 8.77. The molecule has 3 aromatic rings. The van der Waals surface area contributed by atoms with Gasteiger partial charge in [0.2, 0.25) is 0 Å². The average molecular weight is 491 g/mol. The van der Waals surface area contributed by atoms with E-state index in [0.717, 1.165) is 25.0 Å². The van der Waals surface area contributed by atoms with Gasteiger partial charge in [-0.05, 0) is 63.4 Å². The Labute approximate surface area is 201 Å². The van der Waals surface area contributed by atoms with Gasteiger partial charge in [0.05, 0.1) is 30.3 Å². The molecule has 0 bridgehead atoms. The summed E-state index contributed by atoms with van der Waals surface area (Å²) in [6.07, 6.45) is -2.78. The molecule has 3 atom stereocenters. The third-order valence-corrected chi connectivity index (χ3v) is 6.05. The Morgan fingerprint density at radius 1 is 1.11 bits per heavy atom. The predicted molar refractivity (Wildman–Crippen MR) is 128 cm³/mol. The van der Waals surface area contributed by atoms with Crippen LogP contribution in [0, 0.1) is 6.92 Å². The average Bonchev–Trinajstić information content (AvgIpc) is 3.33. The number of rotatable bonds is 7. The summed E-state index contributed by atoms with van der Waals surface area (Å²) >= 11 is 0. The van der Waals surface area contributed by atoms with E-state index in [1.54, 1.807) is 33.1 Å². The first-order valence-corrected chi connectivity index (χ1v) is 11.4. The van der Waals surface area contributed by atoms with Crippen LogP contribution in [0.15, 0.2) is 30.3 Å². The molecule has 10 heteroatoms. The molecule has 1 unspecified atom stereocenters. The Balaban J connectivity index is 1.70. The van der Waals surface area contributed by atoms with Crippen LogP contribution in [0.2, 0.25) is 0 Å². The van der Waals surface area contributed by atoms with E-state index in [4.69, 9.17) is 19.9 Å². The Morgan fingerprint density at radius 3 is 2.54 bits per heavy atom. The van der Waals surface area contributed by atoms with Crippen molar-refractivity contribution in [1.82, 2.24) is 9.97 Å². The van der Waals surface area contributed by atoms with Crippen LogP contribution in [0.5, 0.6) is 11.5 Å². The number of nitrogens with one attached hydrogen (secondary N) is 1. The summed E-state index contributed by atoms with van der Waals surface area (Å²) in [6.45, 7) is 6.16. The Morgan fingerprint density at radius 2 is 1.89 bits per heavy atom. The first-order chi connectivity index (χ1) is 16.5. The zero-order chi connectivity index (χ0) is 25.3. The van der Waals surface area contributed by atoms with Crippen molar-refractivity contribution in [3.8, 4) is 11.5 Å². The van der Waals surface area contributed by atoms with E-state index in [9.17, 15) is 13.2 Å². The van der Waals surface area contributed by atoms with Gasteiger partial charge >= 0.3 is 6.18 Å². The molecule has 188 valence electrons. The summed E-state index contributed by atoms with van der Waals surface area (Å²) in [5.41, 5.74) is 6.00. The fourth-order valence-corrected chi connectivity index (χ4v) is 4.24. The van der Waals surface area contributed by atoms with Crippen molar-refractivity contribution in [3.05, 3.63) is 47.3 Å². The highest BCUT2D eigenvalue weighted by Crippen LogP contribution is 2.37. The summed E-state index contributed by atoms with van der Waals surface area (Å²) in [5, 5.41) is 3.88. The summed E-state index contributed by atoms with van der Waals surface area (Å²) in [7, 11) is 1.55. The quantitative estimate of drug-likeness (QED) is 0.413. The van der Waals surface area contributed by atoms with Crippen LogP contribution < -0.4 is 20.5 Å². The van der Waals surface area contributed by atoms with Gasteiger partial charge < -0.3 is 25.3 Å². The topological polar surface area (TPSA) is 91.5 Å². The first-order valence-electron chi connectivity index (χ1n) is 11.4. The third kappa shape index (κ3) is 5.53. The molecule has 1 aliphatic heterocycles. The van der Waals surface area contributed by atoms with E-state index < -0.39 is 17.8 Å². The maximum atomic E-state index is 13.3. The summed E-state index contributed by atoms with van der Waals surface area (Å²) in [5.74, 6) is 1.99. The molecule has 1 saturated heterocycles. The number of benzene rings is 2. The van der Waals surface area contributed by atoms with Gasteiger partial charge in [-0.15, -0.1) is 0 Å². The van der Waals surface area contributed by atoms with Gasteiger partial charge in [-0.3, -0.25) is 0 Å². The minimum Gasteiger partial charge on any atom is -0.493 e. The normalized spacial score (nSPS) is 17.9. The molecule has 35 heavy (non-hydrogen) atoms. The van der Waals surface area contributed by atoms with Crippen LogP contribution in [-0.4, -0.2) is 35.9 Å². The predicted octanol–water partition coefficient (Wildman–Crippen LogP) is 5.67. The fourth-order valence-electron chi connectivity index (χ4n) is 4.24. The second kappa shape index (κ2) is 9.77.